The van der Waals surface area contributed by atoms with Crippen LogP contribution in [0.25, 0.3) is 5.69 Å². The summed E-state index contributed by atoms with van der Waals surface area (Å²) in [4.78, 5) is 38.9. The number of carbonyl (C=O) groups excluding carboxylic acids is 2. The van der Waals surface area contributed by atoms with Gasteiger partial charge >= 0.3 is 0 Å². The second-order valence-corrected chi connectivity index (χ2v) is 12.9. The second kappa shape index (κ2) is 14.2. The summed E-state index contributed by atoms with van der Waals surface area (Å²) < 4.78 is 7.13. The lowest BCUT2D eigenvalue weighted by Crippen LogP contribution is -2.28. The van der Waals surface area contributed by atoms with Gasteiger partial charge in [-0.3, -0.25) is 24.3 Å². The van der Waals surface area contributed by atoms with Crippen molar-refractivity contribution in [1.82, 2.24) is 25.1 Å². The predicted molar refractivity (Wildman–Crippen MR) is 184 cm³/mol. The molecule has 2 amide bonds. The first-order valence-electron chi connectivity index (χ1n) is 15.0. The third-order valence-corrected chi connectivity index (χ3v) is 9.74. The molecule has 0 bridgehead atoms. The van der Waals surface area contributed by atoms with Crippen LogP contribution in [0.5, 0.6) is 5.75 Å². The van der Waals surface area contributed by atoms with Crippen molar-refractivity contribution in [2.24, 2.45) is 5.10 Å². The number of rotatable bonds is 11. The average Bonchev–Trinajstić information content (AvgIpc) is 3.86. The second-order valence-electron chi connectivity index (χ2n) is 11.0. The summed E-state index contributed by atoms with van der Waals surface area (Å²) in [6.07, 6.45) is 0.580. The lowest BCUT2D eigenvalue weighted by atomic mass is 10.0. The zero-order valence-corrected chi connectivity index (χ0v) is 28.0. The van der Waals surface area contributed by atoms with Crippen LogP contribution in [0.3, 0.4) is 0 Å². The fourth-order valence-corrected chi connectivity index (χ4v) is 7.01. The molecule has 6 rings (SSSR count). The van der Waals surface area contributed by atoms with E-state index in [1.807, 2.05) is 73.0 Å². The van der Waals surface area contributed by atoms with Gasteiger partial charge in [-0.15, -0.1) is 21.5 Å². The molecule has 0 saturated heterocycles. The van der Waals surface area contributed by atoms with E-state index in [4.69, 9.17) is 9.84 Å². The number of aromatic nitrogens is 3. The van der Waals surface area contributed by atoms with Crippen molar-refractivity contribution in [3.63, 3.8) is 0 Å². The molecule has 3 aromatic carbocycles. The van der Waals surface area contributed by atoms with Crippen molar-refractivity contribution >= 4 is 46.3 Å². The summed E-state index contributed by atoms with van der Waals surface area (Å²) >= 11 is 2.81. The van der Waals surface area contributed by atoms with Crippen LogP contribution in [-0.4, -0.2) is 55.1 Å². The Balaban J connectivity index is 1.24. The fourth-order valence-electron chi connectivity index (χ4n) is 5.47. The standard InChI is InChI=1S/C34H31N7O5S2/c1-21-7-4-8-24(17-21)39-31(19-35-33(43)26-9-5-10-28(22(26)2)41(44)45)36-37-34(39)48-20-32(42)40-29(23-12-14-25(46-3)15-13-23)18-27(38-40)30-11-6-16-47-30/h4-17,29H,18-20H2,1-3H3,(H,35,43)/t29-/m0/s1. The third kappa shape index (κ3) is 6.85. The molecule has 1 N–H and O–H groups in total. The van der Waals surface area contributed by atoms with Crippen LogP contribution in [0, 0.1) is 24.0 Å². The molecule has 48 heavy (non-hydrogen) atoms. The van der Waals surface area contributed by atoms with Crippen LogP contribution in [0.4, 0.5) is 5.69 Å². The number of nitrogens with one attached hydrogen (secondary N) is 1. The minimum absolute atomic E-state index is 0.00342. The van der Waals surface area contributed by atoms with Crippen molar-refractivity contribution in [1.29, 1.82) is 0 Å². The number of nitrogens with zero attached hydrogens (tertiary/aromatic N) is 6. The fraction of sp³-hybridized carbons (Fsp3) is 0.206. The summed E-state index contributed by atoms with van der Waals surface area (Å²) in [5.41, 5.74) is 3.91. The van der Waals surface area contributed by atoms with Crippen molar-refractivity contribution in [3.8, 4) is 11.4 Å². The Hall–Kier alpha value is -5.34. The van der Waals surface area contributed by atoms with Gasteiger partial charge < -0.3 is 10.1 Å². The van der Waals surface area contributed by atoms with Crippen LogP contribution in [0.15, 0.2) is 94.5 Å². The molecule has 0 radical (unpaired) electrons. The molecular formula is C34H31N7O5S2. The van der Waals surface area contributed by atoms with Crippen LogP contribution in [-0.2, 0) is 11.3 Å². The van der Waals surface area contributed by atoms with E-state index in [1.165, 1.54) is 23.9 Å². The first kappa shape index (κ1) is 32.6. The van der Waals surface area contributed by atoms with E-state index in [1.54, 1.807) is 41.0 Å². The number of hydrazone groups is 1. The van der Waals surface area contributed by atoms with Gasteiger partial charge in [0.2, 0.25) is 0 Å². The Morgan fingerprint density at radius 3 is 2.56 bits per heavy atom. The van der Waals surface area contributed by atoms with Crippen LogP contribution in [0.1, 0.15) is 50.2 Å². The maximum atomic E-state index is 13.8. The lowest BCUT2D eigenvalue weighted by molar-refractivity contribution is -0.385. The summed E-state index contributed by atoms with van der Waals surface area (Å²) in [5.74, 6) is 0.533. The Kier molecular flexibility index (Phi) is 9.64. The molecule has 5 aromatic rings. The van der Waals surface area contributed by atoms with Gasteiger partial charge in [0.25, 0.3) is 17.5 Å². The number of ether oxygens (including phenoxy) is 1. The van der Waals surface area contributed by atoms with E-state index in [0.29, 0.717) is 17.4 Å². The number of methoxy groups -OCH3 is 1. The maximum absolute atomic E-state index is 13.8. The number of nitro benzene ring substituents is 1. The van der Waals surface area contributed by atoms with E-state index in [0.717, 1.165) is 33.2 Å². The number of hydrogen-bond donors (Lipinski definition) is 1. The zero-order valence-electron chi connectivity index (χ0n) is 26.3. The number of benzene rings is 3. The smallest absolute Gasteiger partial charge is 0.273 e. The number of hydrogen-bond acceptors (Lipinski definition) is 10. The molecule has 12 nitrogen and oxygen atoms in total. The minimum Gasteiger partial charge on any atom is -0.497 e. The van der Waals surface area contributed by atoms with Crippen LogP contribution < -0.4 is 10.1 Å². The Morgan fingerprint density at radius 1 is 1.06 bits per heavy atom. The summed E-state index contributed by atoms with van der Waals surface area (Å²) in [7, 11) is 1.61. The van der Waals surface area contributed by atoms with Crippen molar-refractivity contribution in [2.45, 2.75) is 38.0 Å². The van der Waals surface area contributed by atoms with Gasteiger partial charge in [0.1, 0.15) is 5.75 Å². The molecule has 244 valence electrons. The molecule has 2 aromatic heterocycles. The van der Waals surface area contributed by atoms with E-state index < -0.39 is 10.8 Å². The number of carbonyl (C=O) groups is 2. The van der Waals surface area contributed by atoms with E-state index in [9.17, 15) is 19.7 Å². The predicted octanol–water partition coefficient (Wildman–Crippen LogP) is 6.26. The first-order valence-corrected chi connectivity index (χ1v) is 16.8. The van der Waals surface area contributed by atoms with Crippen LogP contribution >= 0.6 is 23.1 Å². The van der Waals surface area contributed by atoms with E-state index in [2.05, 4.69) is 15.5 Å². The molecule has 3 heterocycles. The minimum atomic E-state index is -0.513. The normalized spacial score (nSPS) is 14.1. The quantitative estimate of drug-likeness (QED) is 0.0977. The SMILES string of the molecule is COc1ccc([C@@H]2CC(c3cccs3)=NN2C(=O)CSc2nnc(CNC(=O)c3cccc([N+](=O)[O-])c3C)n2-c2cccc(C)c2)cc1. The number of nitro groups is 1. The van der Waals surface area contributed by atoms with Crippen molar-refractivity contribution in [2.75, 3.05) is 12.9 Å². The Morgan fingerprint density at radius 2 is 1.85 bits per heavy atom. The molecule has 0 unspecified atom stereocenters. The third-order valence-electron chi connectivity index (χ3n) is 7.91. The maximum Gasteiger partial charge on any atom is 0.273 e. The lowest BCUT2D eigenvalue weighted by Gasteiger charge is -2.22. The van der Waals surface area contributed by atoms with Gasteiger partial charge in [-0.05, 0) is 66.8 Å². The molecule has 0 fully saturated rings. The molecule has 0 saturated carbocycles. The molecule has 0 aliphatic carbocycles. The van der Waals surface area contributed by atoms with Crippen molar-refractivity contribution in [3.05, 3.63) is 127 Å². The van der Waals surface area contributed by atoms with Gasteiger partial charge in [0, 0.05) is 29.3 Å². The molecular weight excluding hydrogens is 651 g/mol. The molecule has 1 aliphatic rings. The Labute approximate surface area is 284 Å². The summed E-state index contributed by atoms with van der Waals surface area (Å²) in [6, 6.07) is 23.5. The number of thiophene rings is 1. The highest BCUT2D eigenvalue weighted by Crippen LogP contribution is 2.35. The van der Waals surface area contributed by atoms with Gasteiger partial charge in [-0.1, -0.05) is 48.2 Å². The number of aryl methyl sites for hydroxylation is 1. The monoisotopic (exact) mass is 681 g/mol. The molecule has 0 spiro atoms. The molecule has 1 aliphatic heterocycles. The molecule has 1 atom stereocenters. The van der Waals surface area contributed by atoms with Gasteiger partial charge in [0.05, 0.1) is 41.0 Å². The highest BCUT2D eigenvalue weighted by molar-refractivity contribution is 7.99. The Bertz CT molecular complexity index is 2010. The van der Waals surface area contributed by atoms with Crippen molar-refractivity contribution < 1.29 is 19.2 Å². The van der Waals surface area contributed by atoms with Gasteiger partial charge in [-0.25, -0.2) is 5.01 Å². The largest absolute Gasteiger partial charge is 0.497 e. The van der Waals surface area contributed by atoms with E-state index in [-0.39, 0.29) is 41.1 Å². The highest BCUT2D eigenvalue weighted by atomic mass is 32.2. The van der Waals surface area contributed by atoms with Gasteiger partial charge in [-0.2, -0.15) is 5.10 Å². The van der Waals surface area contributed by atoms with E-state index >= 15 is 0 Å². The summed E-state index contributed by atoms with van der Waals surface area (Å²) in [6.45, 7) is 3.50. The van der Waals surface area contributed by atoms with Crippen LogP contribution in [0.2, 0.25) is 0 Å². The average molecular weight is 682 g/mol. The topological polar surface area (TPSA) is 145 Å². The number of amides is 2. The summed E-state index contributed by atoms with van der Waals surface area (Å²) in [5, 5.41) is 31.8. The van der Waals surface area contributed by atoms with Gasteiger partial charge in [0.15, 0.2) is 11.0 Å². The zero-order chi connectivity index (χ0) is 33.8. The molecule has 14 heteroatoms. The first-order chi connectivity index (χ1) is 23.2. The number of thioether (sulfide) groups is 1. The highest BCUT2D eigenvalue weighted by Gasteiger charge is 2.34.